The molecule has 1 heterocycles. The minimum Gasteiger partial charge on any atom is -0.353 e. The number of hydrogen-bond donors (Lipinski definition) is 1. The number of aromatic nitrogens is 2. The minimum absolute atomic E-state index is 0.0331. The number of aryl methyl sites for hydroxylation is 1. The third kappa shape index (κ3) is 3.23. The second kappa shape index (κ2) is 6.67. The van der Waals surface area contributed by atoms with Crippen molar-refractivity contribution in [2.24, 2.45) is 23.2 Å². The van der Waals surface area contributed by atoms with E-state index in [0.717, 1.165) is 24.2 Å². The van der Waals surface area contributed by atoms with Crippen LogP contribution in [-0.4, -0.2) is 26.7 Å². The first-order valence-electron chi connectivity index (χ1n) is 9.93. The fourth-order valence-corrected chi connectivity index (χ4v) is 6.34. The second-order valence-electron chi connectivity index (χ2n) is 8.78. The Balaban J connectivity index is 1.36. The van der Waals surface area contributed by atoms with Crippen LogP contribution in [0, 0.1) is 33.3 Å². The summed E-state index contributed by atoms with van der Waals surface area (Å²) in [7, 11) is 0. The summed E-state index contributed by atoms with van der Waals surface area (Å²) in [5.41, 5.74) is 0.273. The van der Waals surface area contributed by atoms with Crippen LogP contribution in [0.4, 0.5) is 5.69 Å². The molecule has 4 bridgehead atoms. The van der Waals surface area contributed by atoms with Crippen LogP contribution >= 0.6 is 0 Å². The average Bonchev–Trinajstić information content (AvgIpc) is 3.06. The van der Waals surface area contributed by atoms with E-state index in [1.165, 1.54) is 55.6 Å². The molecule has 1 N–H and O–H groups in total. The number of nitrogens with one attached hydrogen (secondary N) is 1. The Bertz CT molecular complexity index is 663. The molecule has 4 saturated carbocycles. The van der Waals surface area contributed by atoms with Crippen LogP contribution in [0.15, 0.2) is 12.4 Å². The number of hydrogen-bond acceptors (Lipinski definition) is 4. The summed E-state index contributed by atoms with van der Waals surface area (Å²) in [5.74, 6) is 2.65. The molecule has 1 atom stereocenters. The molecule has 0 spiro atoms. The van der Waals surface area contributed by atoms with Crippen molar-refractivity contribution in [1.29, 1.82) is 0 Å². The van der Waals surface area contributed by atoms with E-state index in [2.05, 4.69) is 17.3 Å². The first-order chi connectivity index (χ1) is 12.5. The highest BCUT2D eigenvalue weighted by Crippen LogP contribution is 2.61. The maximum atomic E-state index is 12.5. The predicted molar refractivity (Wildman–Crippen MR) is 96.3 cm³/mol. The molecule has 0 radical (unpaired) electrons. The quantitative estimate of drug-likeness (QED) is 0.597. The normalized spacial score (nSPS) is 33.2. The van der Waals surface area contributed by atoms with Crippen LogP contribution in [0.25, 0.3) is 0 Å². The molecular weight excluding hydrogens is 332 g/mol. The molecule has 4 fully saturated rings. The lowest BCUT2D eigenvalue weighted by Gasteiger charge is -2.59. The third-order valence-corrected chi connectivity index (χ3v) is 6.97. The molecule has 1 unspecified atom stereocenters. The van der Waals surface area contributed by atoms with Gasteiger partial charge in [0.05, 0.1) is 4.92 Å². The van der Waals surface area contributed by atoms with Gasteiger partial charge in [-0.15, -0.1) is 0 Å². The predicted octanol–water partition coefficient (Wildman–Crippen LogP) is 3.29. The van der Waals surface area contributed by atoms with Gasteiger partial charge in [-0.05, 0) is 68.1 Å². The van der Waals surface area contributed by atoms with E-state index in [0.29, 0.717) is 18.4 Å². The van der Waals surface area contributed by atoms with E-state index >= 15 is 0 Å². The number of nitrogens with zero attached hydrogens (tertiary/aromatic N) is 3. The van der Waals surface area contributed by atoms with Gasteiger partial charge >= 0.3 is 5.69 Å². The van der Waals surface area contributed by atoms with E-state index in [1.54, 1.807) is 0 Å². The lowest BCUT2D eigenvalue weighted by Crippen LogP contribution is -2.56. The highest BCUT2D eigenvalue weighted by atomic mass is 16.6. The van der Waals surface area contributed by atoms with Gasteiger partial charge in [-0.2, -0.15) is 5.10 Å². The number of amides is 1. The smallest absolute Gasteiger partial charge is 0.306 e. The molecule has 4 aliphatic carbocycles. The van der Waals surface area contributed by atoms with E-state index in [9.17, 15) is 14.9 Å². The Hall–Kier alpha value is -1.92. The van der Waals surface area contributed by atoms with Crippen LogP contribution in [-0.2, 0) is 11.3 Å². The van der Waals surface area contributed by atoms with Gasteiger partial charge in [0.15, 0.2) is 0 Å². The van der Waals surface area contributed by atoms with Gasteiger partial charge < -0.3 is 5.32 Å². The average molecular weight is 360 g/mol. The summed E-state index contributed by atoms with van der Waals surface area (Å²) in [5, 5.41) is 18.0. The van der Waals surface area contributed by atoms with E-state index < -0.39 is 4.92 Å². The zero-order valence-corrected chi connectivity index (χ0v) is 15.4. The number of carbonyl (C=O) groups is 1. The van der Waals surface area contributed by atoms with E-state index in [1.807, 2.05) is 0 Å². The lowest BCUT2D eigenvalue weighted by atomic mass is 9.47. The van der Waals surface area contributed by atoms with Gasteiger partial charge in [-0.1, -0.05) is 6.92 Å². The Labute approximate surface area is 153 Å². The second-order valence-corrected chi connectivity index (χ2v) is 8.78. The zero-order valence-electron chi connectivity index (χ0n) is 15.4. The molecule has 7 nitrogen and oxygen atoms in total. The molecule has 5 rings (SSSR count). The monoisotopic (exact) mass is 360 g/mol. The molecule has 142 valence electrons. The van der Waals surface area contributed by atoms with Gasteiger partial charge in [-0.3, -0.25) is 19.6 Å². The summed E-state index contributed by atoms with van der Waals surface area (Å²) in [6.07, 6.45) is 11.9. The van der Waals surface area contributed by atoms with Crippen molar-refractivity contribution in [3.63, 3.8) is 0 Å². The van der Waals surface area contributed by atoms with Crippen molar-refractivity contribution < 1.29 is 9.72 Å². The summed E-state index contributed by atoms with van der Waals surface area (Å²) in [6, 6.07) is 0.260. The molecule has 1 amide bonds. The van der Waals surface area contributed by atoms with Crippen LogP contribution in [0.1, 0.15) is 58.3 Å². The molecule has 0 aliphatic heterocycles. The SMILES string of the molecule is CCC(NC(=O)CCn1cc([N+](=O)[O-])cn1)C12CC3CC(CC(C3)C1)C2. The van der Waals surface area contributed by atoms with Crippen LogP contribution in [0.3, 0.4) is 0 Å². The molecular formula is C19H28N4O3. The van der Waals surface area contributed by atoms with Crippen molar-refractivity contribution in [2.75, 3.05) is 0 Å². The molecule has 4 aliphatic rings. The maximum Gasteiger partial charge on any atom is 0.306 e. The van der Waals surface area contributed by atoms with Gasteiger partial charge in [0.2, 0.25) is 5.91 Å². The van der Waals surface area contributed by atoms with Crippen LogP contribution in [0.2, 0.25) is 0 Å². The van der Waals surface area contributed by atoms with Crippen molar-refractivity contribution >= 4 is 11.6 Å². The Morgan fingerprint density at radius 1 is 1.35 bits per heavy atom. The summed E-state index contributed by atoms with van der Waals surface area (Å²) in [4.78, 5) is 22.8. The molecule has 7 heteroatoms. The molecule has 0 saturated heterocycles. The standard InChI is InChI=1S/C19H28N4O3/c1-2-17(19-8-13-5-14(9-19)7-15(6-13)10-19)21-18(24)3-4-22-12-16(11-20-22)23(25)26/h11-15,17H,2-10H2,1H3,(H,21,24). The summed E-state index contributed by atoms with van der Waals surface area (Å²) in [6.45, 7) is 2.55. The molecule has 0 aromatic carbocycles. The largest absolute Gasteiger partial charge is 0.353 e. The highest BCUT2D eigenvalue weighted by Gasteiger charge is 2.53. The lowest BCUT2D eigenvalue weighted by molar-refractivity contribution is -0.385. The fraction of sp³-hybridized carbons (Fsp3) is 0.789. The molecule has 1 aromatic rings. The van der Waals surface area contributed by atoms with Crippen molar-refractivity contribution in [3.8, 4) is 0 Å². The Morgan fingerprint density at radius 3 is 2.46 bits per heavy atom. The van der Waals surface area contributed by atoms with Crippen molar-refractivity contribution in [1.82, 2.24) is 15.1 Å². The van der Waals surface area contributed by atoms with Gasteiger partial charge in [0.25, 0.3) is 0 Å². The number of rotatable bonds is 7. The number of nitro groups is 1. The van der Waals surface area contributed by atoms with Crippen LogP contribution in [0.5, 0.6) is 0 Å². The van der Waals surface area contributed by atoms with Gasteiger partial charge in [0, 0.05) is 19.0 Å². The maximum absolute atomic E-state index is 12.5. The Morgan fingerprint density at radius 2 is 1.96 bits per heavy atom. The van der Waals surface area contributed by atoms with E-state index in [4.69, 9.17) is 0 Å². The van der Waals surface area contributed by atoms with Gasteiger partial charge in [-0.25, -0.2) is 0 Å². The fourth-order valence-electron chi connectivity index (χ4n) is 6.34. The highest BCUT2D eigenvalue weighted by molar-refractivity contribution is 5.76. The van der Waals surface area contributed by atoms with Gasteiger partial charge in [0.1, 0.15) is 12.4 Å². The topological polar surface area (TPSA) is 90.1 Å². The van der Waals surface area contributed by atoms with Crippen molar-refractivity contribution in [2.45, 2.75) is 70.9 Å². The Kier molecular flexibility index (Phi) is 4.49. The first kappa shape index (κ1) is 17.5. The molecule has 1 aromatic heterocycles. The van der Waals surface area contributed by atoms with E-state index in [-0.39, 0.29) is 17.6 Å². The first-order valence-corrected chi connectivity index (χ1v) is 9.93. The zero-order chi connectivity index (χ0) is 18.3. The summed E-state index contributed by atoms with van der Waals surface area (Å²) < 4.78 is 1.48. The van der Waals surface area contributed by atoms with Crippen molar-refractivity contribution in [3.05, 3.63) is 22.5 Å². The third-order valence-electron chi connectivity index (χ3n) is 6.97. The summed E-state index contributed by atoms with van der Waals surface area (Å²) >= 11 is 0. The molecule has 26 heavy (non-hydrogen) atoms. The minimum atomic E-state index is -0.469. The van der Waals surface area contributed by atoms with Crippen LogP contribution < -0.4 is 5.32 Å². The number of carbonyl (C=O) groups excluding carboxylic acids is 1.